The van der Waals surface area contributed by atoms with E-state index in [1.54, 1.807) is 0 Å². The predicted octanol–water partition coefficient (Wildman–Crippen LogP) is 3.12. The minimum absolute atomic E-state index is 0.0888. The SMILES string of the molecule is CC(C)(c1ccc(OC[C@@H](O)Cn2nncc2CO)cc1)c1ccc(OC[C@@H](O)CCl)c([123I])c1. The zero-order chi connectivity index (χ0) is 24.7. The minimum Gasteiger partial charge on any atom is -0.491 e. The molecule has 184 valence electrons. The fourth-order valence-corrected chi connectivity index (χ4v) is 4.13. The molecule has 3 N–H and O–H groups in total. The van der Waals surface area contributed by atoms with Crippen LogP contribution < -0.4 is 9.47 Å². The number of rotatable bonds is 12. The molecular weight excluding hydrogens is 569 g/mol. The molecule has 1 aromatic heterocycles. The summed E-state index contributed by atoms with van der Waals surface area (Å²) in [5.74, 6) is 1.49. The van der Waals surface area contributed by atoms with E-state index in [1.807, 2.05) is 36.4 Å². The van der Waals surface area contributed by atoms with Gasteiger partial charge in [-0.3, -0.25) is 0 Å². The van der Waals surface area contributed by atoms with Crippen LogP contribution in [-0.4, -0.2) is 61.6 Å². The number of aliphatic hydroxyl groups is 3. The molecule has 0 spiro atoms. The van der Waals surface area contributed by atoms with E-state index in [4.69, 9.17) is 21.1 Å². The Morgan fingerprint density at radius 3 is 2.35 bits per heavy atom. The van der Waals surface area contributed by atoms with Gasteiger partial charge in [-0.15, -0.1) is 16.7 Å². The first kappa shape index (κ1) is 26.7. The van der Waals surface area contributed by atoms with Crippen LogP contribution in [-0.2, 0) is 18.6 Å². The highest BCUT2D eigenvalue weighted by molar-refractivity contribution is 14.1. The van der Waals surface area contributed by atoms with E-state index in [-0.39, 0.29) is 37.7 Å². The third-order valence-electron chi connectivity index (χ3n) is 5.52. The highest BCUT2D eigenvalue weighted by Gasteiger charge is 2.24. The molecule has 0 aliphatic carbocycles. The van der Waals surface area contributed by atoms with Crippen molar-refractivity contribution in [3.8, 4) is 11.5 Å². The van der Waals surface area contributed by atoms with E-state index in [0.29, 0.717) is 17.2 Å². The summed E-state index contributed by atoms with van der Waals surface area (Å²) in [6.07, 6.45) is -0.0331. The number of halogens is 2. The lowest BCUT2D eigenvalue weighted by molar-refractivity contribution is 0.0866. The van der Waals surface area contributed by atoms with Gasteiger partial charge in [-0.05, 0) is 58.0 Å². The zero-order valence-corrected chi connectivity index (χ0v) is 22.0. The van der Waals surface area contributed by atoms with Gasteiger partial charge >= 0.3 is 0 Å². The van der Waals surface area contributed by atoms with Crippen molar-refractivity contribution in [1.29, 1.82) is 0 Å². The molecule has 2 atom stereocenters. The topological polar surface area (TPSA) is 110 Å². The van der Waals surface area contributed by atoms with Gasteiger partial charge in [-0.1, -0.05) is 37.3 Å². The average Bonchev–Trinajstić information content (AvgIpc) is 3.28. The van der Waals surface area contributed by atoms with Crippen molar-refractivity contribution in [3.63, 3.8) is 0 Å². The number of nitrogens with zero attached hydrogens (tertiary/aromatic N) is 3. The Bertz CT molecular complexity index is 1060. The van der Waals surface area contributed by atoms with Gasteiger partial charge < -0.3 is 24.8 Å². The van der Waals surface area contributed by atoms with E-state index in [0.717, 1.165) is 14.7 Å². The van der Waals surface area contributed by atoms with E-state index < -0.39 is 12.2 Å². The van der Waals surface area contributed by atoms with Crippen LogP contribution in [0, 0.1) is 3.57 Å². The molecule has 0 unspecified atom stereocenters. The monoisotopic (exact) mass is 597 g/mol. The van der Waals surface area contributed by atoms with Crippen LogP contribution >= 0.6 is 34.2 Å². The highest BCUT2D eigenvalue weighted by atomic mass is 123. The van der Waals surface area contributed by atoms with Gasteiger partial charge in [0.1, 0.15) is 36.9 Å². The molecule has 0 aliphatic heterocycles. The molecule has 0 saturated carbocycles. The van der Waals surface area contributed by atoms with E-state index in [9.17, 15) is 15.3 Å². The summed E-state index contributed by atoms with van der Waals surface area (Å²) in [4.78, 5) is 0. The first-order chi connectivity index (χ1) is 16.2. The Morgan fingerprint density at radius 2 is 1.71 bits per heavy atom. The quantitative estimate of drug-likeness (QED) is 0.217. The smallest absolute Gasteiger partial charge is 0.132 e. The lowest BCUT2D eigenvalue weighted by Crippen LogP contribution is -2.25. The molecule has 8 nitrogen and oxygen atoms in total. The van der Waals surface area contributed by atoms with Crippen molar-refractivity contribution in [1.82, 2.24) is 15.0 Å². The molecule has 3 aromatic rings. The van der Waals surface area contributed by atoms with Gasteiger partial charge in [0.25, 0.3) is 0 Å². The molecule has 0 bridgehead atoms. The van der Waals surface area contributed by atoms with E-state index >= 15 is 0 Å². The van der Waals surface area contributed by atoms with Gasteiger partial charge in [0.2, 0.25) is 0 Å². The van der Waals surface area contributed by atoms with Gasteiger partial charge in [0.15, 0.2) is 0 Å². The molecule has 34 heavy (non-hydrogen) atoms. The van der Waals surface area contributed by atoms with Crippen molar-refractivity contribution < 1.29 is 24.8 Å². The Kier molecular flexibility index (Phi) is 9.55. The maximum atomic E-state index is 10.2. The summed E-state index contributed by atoms with van der Waals surface area (Å²) in [7, 11) is 0. The molecular formula is C24H29ClIN3O5. The van der Waals surface area contributed by atoms with Crippen LogP contribution in [0.5, 0.6) is 11.5 Å². The zero-order valence-electron chi connectivity index (χ0n) is 19.1. The summed E-state index contributed by atoms with van der Waals surface area (Å²) < 4.78 is 13.8. The Balaban J connectivity index is 1.61. The average molecular weight is 598 g/mol. The maximum Gasteiger partial charge on any atom is 0.132 e. The van der Waals surface area contributed by atoms with Crippen LogP contribution in [0.4, 0.5) is 0 Å². The molecule has 0 saturated heterocycles. The lowest BCUT2D eigenvalue weighted by atomic mass is 9.78. The van der Waals surface area contributed by atoms with E-state index in [1.165, 1.54) is 10.9 Å². The number of ether oxygens (including phenoxy) is 2. The molecule has 3 rings (SSSR count). The molecule has 1 heterocycles. The van der Waals surface area contributed by atoms with Gasteiger partial charge in [0, 0.05) is 5.41 Å². The molecule has 10 heteroatoms. The standard InChI is InChI=1S/C24H29ClIN3O5/c1-24(2,17-5-8-23(22(26)9-17)34-14-19(31)10-25)16-3-6-21(7-4-16)33-15-20(32)12-29-18(13-30)11-27-28-29/h3-9,11,19-20,30-32H,10,12-15H2,1-2H3/t19-,20-/m0/s1/i26-4. The van der Waals surface area contributed by atoms with Crippen molar-refractivity contribution in [3.05, 3.63) is 69.1 Å². The van der Waals surface area contributed by atoms with Crippen LogP contribution in [0.15, 0.2) is 48.7 Å². The summed E-state index contributed by atoms with van der Waals surface area (Å²) in [6.45, 7) is 4.53. The predicted molar refractivity (Wildman–Crippen MR) is 137 cm³/mol. The first-order valence-corrected chi connectivity index (χ1v) is 12.4. The number of hydrogen-bond acceptors (Lipinski definition) is 7. The maximum absolute atomic E-state index is 10.2. The second-order valence-electron chi connectivity index (χ2n) is 8.44. The van der Waals surface area contributed by atoms with Crippen LogP contribution in [0.1, 0.15) is 30.7 Å². The number of alkyl halides is 1. The third-order valence-corrected chi connectivity index (χ3v) is 6.72. The van der Waals surface area contributed by atoms with Crippen molar-refractivity contribution in [2.24, 2.45) is 0 Å². The fraction of sp³-hybridized carbons (Fsp3) is 0.417. The highest BCUT2D eigenvalue weighted by Crippen LogP contribution is 2.35. The van der Waals surface area contributed by atoms with Gasteiger partial charge in [0.05, 0.1) is 34.5 Å². The second kappa shape index (κ2) is 12.2. The van der Waals surface area contributed by atoms with Crippen molar-refractivity contribution in [2.45, 2.75) is 44.6 Å². The number of benzene rings is 2. The van der Waals surface area contributed by atoms with Crippen molar-refractivity contribution in [2.75, 3.05) is 19.1 Å². The fourth-order valence-electron chi connectivity index (χ4n) is 3.37. The number of aliphatic hydroxyl groups excluding tert-OH is 3. The van der Waals surface area contributed by atoms with Gasteiger partial charge in [-0.2, -0.15) is 0 Å². The normalized spacial score (nSPS) is 13.5. The third kappa shape index (κ3) is 6.82. The summed E-state index contributed by atoms with van der Waals surface area (Å²) in [6, 6.07) is 13.8. The Morgan fingerprint density at radius 1 is 1.03 bits per heavy atom. The molecule has 0 amide bonds. The summed E-state index contributed by atoms with van der Waals surface area (Å²) in [5, 5.41) is 36.7. The van der Waals surface area contributed by atoms with Crippen LogP contribution in [0.3, 0.4) is 0 Å². The molecule has 0 aliphatic rings. The van der Waals surface area contributed by atoms with Gasteiger partial charge in [-0.25, -0.2) is 4.68 Å². The lowest BCUT2D eigenvalue weighted by Gasteiger charge is -2.27. The number of hydrogen-bond donors (Lipinski definition) is 3. The van der Waals surface area contributed by atoms with E-state index in [2.05, 4.69) is 52.8 Å². The second-order valence-corrected chi connectivity index (χ2v) is 9.91. The molecule has 0 radical (unpaired) electrons. The molecule has 0 fully saturated rings. The van der Waals surface area contributed by atoms with Crippen molar-refractivity contribution >= 4 is 34.2 Å². The molecule has 2 aromatic carbocycles. The summed E-state index contributed by atoms with van der Waals surface area (Å²) in [5.41, 5.74) is 2.50. The van der Waals surface area contributed by atoms with Crippen LogP contribution in [0.25, 0.3) is 0 Å². The first-order valence-electron chi connectivity index (χ1n) is 10.8. The Labute approximate surface area is 217 Å². The summed E-state index contributed by atoms with van der Waals surface area (Å²) >= 11 is 7.86. The number of aromatic nitrogens is 3. The Hall–Kier alpha value is -1.92. The van der Waals surface area contributed by atoms with Crippen LogP contribution in [0.2, 0.25) is 0 Å². The minimum atomic E-state index is -0.795. The largest absolute Gasteiger partial charge is 0.491 e.